The SMILES string of the molecule is CC(C)C([B]C(=O)CCC1c2ccccc2-c2ccccc21)C(=O)O. The molecule has 1 N–H and O–H groups in total. The fourth-order valence-corrected chi connectivity index (χ4v) is 3.69. The Morgan fingerprint density at radius 1 is 1.00 bits per heavy atom. The minimum absolute atomic E-state index is 0.0806. The average molecular weight is 333 g/mol. The molecule has 1 aliphatic carbocycles. The van der Waals surface area contributed by atoms with Crippen LogP contribution in [0.1, 0.15) is 43.7 Å². The minimum Gasteiger partial charge on any atom is -0.482 e. The fourth-order valence-electron chi connectivity index (χ4n) is 3.69. The highest BCUT2D eigenvalue weighted by molar-refractivity contribution is 6.77. The molecule has 1 unspecified atom stereocenters. The maximum absolute atomic E-state index is 12.3. The quantitative estimate of drug-likeness (QED) is 0.767. The van der Waals surface area contributed by atoms with Gasteiger partial charge in [0.05, 0.1) is 5.68 Å². The van der Waals surface area contributed by atoms with E-state index >= 15 is 0 Å². The van der Waals surface area contributed by atoms with E-state index in [-0.39, 0.29) is 17.5 Å². The third-order valence-electron chi connectivity index (χ3n) is 5.01. The molecule has 0 amide bonds. The van der Waals surface area contributed by atoms with Crippen LogP contribution in [-0.2, 0) is 9.59 Å². The van der Waals surface area contributed by atoms with Crippen molar-refractivity contribution in [3.63, 3.8) is 0 Å². The molecule has 0 spiro atoms. The van der Waals surface area contributed by atoms with Crippen LogP contribution in [0.3, 0.4) is 0 Å². The van der Waals surface area contributed by atoms with Crippen LogP contribution in [0.2, 0.25) is 5.82 Å². The highest BCUT2D eigenvalue weighted by atomic mass is 16.4. The van der Waals surface area contributed by atoms with Crippen LogP contribution in [0.25, 0.3) is 11.1 Å². The molecule has 2 aromatic rings. The molecule has 1 radical (unpaired) electrons. The summed E-state index contributed by atoms with van der Waals surface area (Å²) in [5, 5.41) is 9.25. The van der Waals surface area contributed by atoms with Gasteiger partial charge in [0.2, 0.25) is 7.28 Å². The molecule has 4 heteroatoms. The molecule has 2 aromatic carbocycles. The summed E-state index contributed by atoms with van der Waals surface area (Å²) < 4.78 is 0. The van der Waals surface area contributed by atoms with Gasteiger partial charge in [0, 0.05) is 11.7 Å². The fraction of sp³-hybridized carbons (Fsp3) is 0.333. The number of carbonyl (C=O) groups excluding carboxylic acids is 1. The van der Waals surface area contributed by atoms with E-state index in [1.807, 2.05) is 38.1 Å². The first kappa shape index (κ1) is 17.5. The van der Waals surface area contributed by atoms with Gasteiger partial charge in [-0.1, -0.05) is 62.4 Å². The van der Waals surface area contributed by atoms with Crippen LogP contribution in [-0.4, -0.2) is 24.0 Å². The molecular formula is C21H22BO3. The number of carboxylic acids is 1. The summed E-state index contributed by atoms with van der Waals surface area (Å²) in [5.74, 6) is -1.53. The summed E-state index contributed by atoms with van der Waals surface area (Å²) >= 11 is 0. The molecule has 0 saturated heterocycles. The third kappa shape index (κ3) is 3.53. The van der Waals surface area contributed by atoms with Crippen LogP contribution in [0, 0.1) is 5.92 Å². The van der Waals surface area contributed by atoms with Crippen molar-refractivity contribution in [2.45, 2.75) is 38.4 Å². The van der Waals surface area contributed by atoms with Crippen molar-refractivity contribution >= 4 is 18.9 Å². The molecule has 3 nitrogen and oxygen atoms in total. The first-order valence-corrected chi connectivity index (χ1v) is 8.77. The summed E-state index contributed by atoms with van der Waals surface area (Å²) in [6, 6.07) is 16.6. The zero-order chi connectivity index (χ0) is 18.0. The lowest BCUT2D eigenvalue weighted by molar-refractivity contribution is -0.138. The second-order valence-electron chi connectivity index (χ2n) is 7.01. The maximum Gasteiger partial charge on any atom is 0.299 e. The lowest BCUT2D eigenvalue weighted by Gasteiger charge is -2.16. The Bertz CT molecular complexity index is 752. The van der Waals surface area contributed by atoms with Gasteiger partial charge in [-0.2, -0.15) is 0 Å². The van der Waals surface area contributed by atoms with Crippen molar-refractivity contribution in [2.24, 2.45) is 5.92 Å². The Balaban J connectivity index is 1.73. The van der Waals surface area contributed by atoms with Crippen LogP contribution in [0.15, 0.2) is 48.5 Å². The van der Waals surface area contributed by atoms with Gasteiger partial charge < -0.3 is 9.90 Å². The van der Waals surface area contributed by atoms with Gasteiger partial charge in [-0.3, -0.25) is 4.79 Å². The van der Waals surface area contributed by atoms with E-state index in [0.717, 1.165) is 0 Å². The molecule has 0 bridgehead atoms. The second kappa shape index (κ2) is 7.26. The normalized spacial score (nSPS) is 14.0. The number of benzene rings is 2. The number of hydrogen-bond donors (Lipinski definition) is 1. The van der Waals surface area contributed by atoms with Gasteiger partial charge in [-0.15, -0.1) is 0 Å². The van der Waals surface area contributed by atoms with Gasteiger partial charge in [0.25, 0.3) is 5.97 Å². The molecule has 127 valence electrons. The lowest BCUT2D eigenvalue weighted by atomic mass is 9.56. The van der Waals surface area contributed by atoms with Crippen molar-refractivity contribution in [3.05, 3.63) is 59.7 Å². The van der Waals surface area contributed by atoms with Gasteiger partial charge in [0.1, 0.15) is 0 Å². The monoisotopic (exact) mass is 333 g/mol. The van der Waals surface area contributed by atoms with Crippen molar-refractivity contribution in [3.8, 4) is 11.1 Å². The highest BCUT2D eigenvalue weighted by Gasteiger charge is 2.30. The van der Waals surface area contributed by atoms with E-state index < -0.39 is 11.8 Å². The van der Waals surface area contributed by atoms with Crippen LogP contribution in [0.4, 0.5) is 0 Å². The van der Waals surface area contributed by atoms with Crippen molar-refractivity contribution < 1.29 is 14.7 Å². The Morgan fingerprint density at radius 3 is 2.00 bits per heavy atom. The molecule has 0 fully saturated rings. The van der Waals surface area contributed by atoms with Gasteiger partial charge in [-0.25, -0.2) is 0 Å². The predicted octanol–water partition coefficient (Wildman–Crippen LogP) is 4.34. The largest absolute Gasteiger partial charge is 0.482 e. The summed E-state index contributed by atoms with van der Waals surface area (Å²) in [7, 11) is 1.39. The Kier molecular flexibility index (Phi) is 5.07. The minimum atomic E-state index is -0.931. The van der Waals surface area contributed by atoms with Crippen LogP contribution in [0.5, 0.6) is 0 Å². The summed E-state index contributed by atoms with van der Waals surface area (Å²) in [5.41, 5.74) is 4.92. The smallest absolute Gasteiger partial charge is 0.299 e. The first-order chi connectivity index (χ1) is 12.0. The molecule has 0 aromatic heterocycles. The molecular weight excluding hydrogens is 311 g/mol. The van der Waals surface area contributed by atoms with Crippen LogP contribution >= 0.6 is 0 Å². The van der Waals surface area contributed by atoms with E-state index in [1.165, 1.54) is 29.5 Å². The van der Waals surface area contributed by atoms with Gasteiger partial charge in [0.15, 0.2) is 0 Å². The zero-order valence-corrected chi connectivity index (χ0v) is 14.6. The number of carbonyl (C=O) groups is 2. The van der Waals surface area contributed by atoms with E-state index in [1.54, 1.807) is 0 Å². The molecule has 0 heterocycles. The summed E-state index contributed by atoms with van der Waals surface area (Å²) in [6.45, 7) is 3.65. The second-order valence-corrected chi connectivity index (χ2v) is 7.01. The topological polar surface area (TPSA) is 54.4 Å². The van der Waals surface area contributed by atoms with Gasteiger partial charge in [-0.05, 0) is 41.0 Å². The van der Waals surface area contributed by atoms with Crippen molar-refractivity contribution in [1.29, 1.82) is 0 Å². The Labute approximate surface area is 149 Å². The van der Waals surface area contributed by atoms with Crippen molar-refractivity contribution in [1.82, 2.24) is 0 Å². The standard InChI is InChI=1S/C21H22BO3/c1-13(2)20(21(24)25)22-19(23)12-11-18-16-9-5-3-7-14(16)15-8-4-6-10-17(15)18/h3-10,13,18,20H,11-12H2,1-2H3,(H,24,25). The first-order valence-electron chi connectivity index (χ1n) is 8.77. The van der Waals surface area contributed by atoms with E-state index in [0.29, 0.717) is 12.8 Å². The van der Waals surface area contributed by atoms with E-state index in [9.17, 15) is 14.7 Å². The number of fused-ring (bicyclic) bond motifs is 3. The van der Waals surface area contributed by atoms with Crippen molar-refractivity contribution in [2.75, 3.05) is 0 Å². The third-order valence-corrected chi connectivity index (χ3v) is 5.01. The van der Waals surface area contributed by atoms with E-state index in [2.05, 4.69) is 24.3 Å². The number of aliphatic carboxylic acids is 1. The maximum atomic E-state index is 12.3. The highest BCUT2D eigenvalue weighted by Crippen LogP contribution is 2.46. The number of hydrogen-bond acceptors (Lipinski definition) is 2. The molecule has 0 saturated carbocycles. The summed E-state index contributed by atoms with van der Waals surface area (Å²) in [6.07, 6.45) is 1.07. The average Bonchev–Trinajstić information content (AvgIpc) is 2.91. The molecule has 3 rings (SSSR count). The number of rotatable bonds is 7. The van der Waals surface area contributed by atoms with Gasteiger partial charge >= 0.3 is 0 Å². The predicted molar refractivity (Wildman–Crippen MR) is 99.9 cm³/mol. The zero-order valence-electron chi connectivity index (χ0n) is 14.6. The Morgan fingerprint density at radius 2 is 1.52 bits per heavy atom. The Hall–Kier alpha value is -2.36. The summed E-state index contributed by atoms with van der Waals surface area (Å²) in [4.78, 5) is 23.6. The molecule has 0 aliphatic heterocycles. The lowest BCUT2D eigenvalue weighted by Crippen LogP contribution is -2.26. The number of carboxylic acid groups (broad SMARTS) is 1. The molecule has 1 aliphatic rings. The molecule has 1 atom stereocenters. The molecule has 25 heavy (non-hydrogen) atoms. The van der Waals surface area contributed by atoms with Crippen LogP contribution < -0.4 is 0 Å². The van der Waals surface area contributed by atoms with E-state index in [4.69, 9.17) is 0 Å².